The first-order valence-electron chi connectivity index (χ1n) is 11.6. The molecule has 34 heavy (non-hydrogen) atoms. The van der Waals surface area contributed by atoms with E-state index in [0.717, 1.165) is 46.6 Å². The Morgan fingerprint density at radius 2 is 2.06 bits per heavy atom. The first-order chi connectivity index (χ1) is 16.4. The van der Waals surface area contributed by atoms with E-state index in [9.17, 15) is 5.11 Å². The molecular weight excluding hydrogens is 428 g/mol. The highest BCUT2D eigenvalue weighted by atomic mass is 16.3. The van der Waals surface area contributed by atoms with Gasteiger partial charge < -0.3 is 20.3 Å². The molecule has 0 amide bonds. The van der Waals surface area contributed by atoms with Crippen LogP contribution in [0.1, 0.15) is 42.9 Å². The standard InChI is InChI=1S/C25H34N8O/c1-17(2)33-24-22(13-29-33)21(25(34)27-12-20-15-32(4)16-28-20)11-23(30-24)19-7-5-6-18(10-19)14-31(3)9-8-26/h5-7,10-11,13,15-17,25,27,34H,8-9,12,14,26H2,1-4H3. The van der Waals surface area contributed by atoms with Gasteiger partial charge in [0.2, 0.25) is 0 Å². The van der Waals surface area contributed by atoms with Crippen LogP contribution in [0.3, 0.4) is 0 Å². The molecule has 180 valence electrons. The summed E-state index contributed by atoms with van der Waals surface area (Å²) in [5, 5.41) is 19.7. The maximum atomic E-state index is 11.1. The van der Waals surface area contributed by atoms with E-state index in [2.05, 4.69) is 53.3 Å². The van der Waals surface area contributed by atoms with Crippen molar-refractivity contribution in [2.24, 2.45) is 12.8 Å². The second-order valence-electron chi connectivity index (χ2n) is 9.06. The Bertz CT molecular complexity index is 1240. The first kappa shape index (κ1) is 24.0. The van der Waals surface area contributed by atoms with Crippen molar-refractivity contribution in [2.45, 2.75) is 39.2 Å². The molecule has 9 heteroatoms. The number of hydrogen-bond donors (Lipinski definition) is 3. The normalized spacial score (nSPS) is 12.8. The molecule has 0 bridgehead atoms. The summed E-state index contributed by atoms with van der Waals surface area (Å²) in [6, 6.07) is 10.4. The number of aliphatic hydroxyl groups excluding tert-OH is 1. The van der Waals surface area contributed by atoms with E-state index >= 15 is 0 Å². The van der Waals surface area contributed by atoms with Gasteiger partial charge in [-0.3, -0.25) is 5.32 Å². The maximum Gasteiger partial charge on any atom is 0.159 e. The molecule has 4 aromatic rings. The summed E-state index contributed by atoms with van der Waals surface area (Å²) < 4.78 is 3.78. The fraction of sp³-hybridized carbons (Fsp3) is 0.400. The fourth-order valence-corrected chi connectivity index (χ4v) is 4.10. The third kappa shape index (κ3) is 5.34. The zero-order valence-electron chi connectivity index (χ0n) is 20.3. The molecule has 0 aliphatic rings. The van der Waals surface area contributed by atoms with Crippen molar-refractivity contribution in [1.29, 1.82) is 0 Å². The minimum atomic E-state index is -0.894. The Morgan fingerprint density at radius 3 is 2.76 bits per heavy atom. The predicted octanol–water partition coefficient (Wildman–Crippen LogP) is 2.58. The molecule has 0 aliphatic heterocycles. The maximum absolute atomic E-state index is 11.1. The van der Waals surface area contributed by atoms with E-state index in [0.29, 0.717) is 13.1 Å². The summed E-state index contributed by atoms with van der Waals surface area (Å²) in [4.78, 5) is 11.5. The molecule has 0 spiro atoms. The number of aromatic nitrogens is 5. The van der Waals surface area contributed by atoms with Gasteiger partial charge in [-0.2, -0.15) is 5.10 Å². The van der Waals surface area contributed by atoms with Crippen LogP contribution in [0.2, 0.25) is 0 Å². The predicted molar refractivity (Wildman–Crippen MR) is 134 cm³/mol. The molecule has 1 atom stereocenters. The Morgan fingerprint density at radius 1 is 1.24 bits per heavy atom. The molecule has 0 saturated heterocycles. The van der Waals surface area contributed by atoms with Crippen molar-refractivity contribution in [3.63, 3.8) is 0 Å². The van der Waals surface area contributed by atoms with E-state index < -0.39 is 6.23 Å². The summed E-state index contributed by atoms with van der Waals surface area (Å²) in [6.07, 6.45) is 4.56. The van der Waals surface area contributed by atoms with Crippen LogP contribution < -0.4 is 11.1 Å². The Balaban J connectivity index is 1.70. The van der Waals surface area contributed by atoms with Gasteiger partial charge in [0.15, 0.2) is 5.65 Å². The van der Waals surface area contributed by atoms with E-state index in [1.165, 1.54) is 5.56 Å². The van der Waals surface area contributed by atoms with Crippen LogP contribution in [-0.4, -0.2) is 54.5 Å². The van der Waals surface area contributed by atoms with Crippen molar-refractivity contribution in [1.82, 2.24) is 34.5 Å². The van der Waals surface area contributed by atoms with Crippen LogP contribution in [0.4, 0.5) is 0 Å². The number of nitrogens with two attached hydrogens (primary N) is 1. The van der Waals surface area contributed by atoms with Crippen molar-refractivity contribution in [3.8, 4) is 11.3 Å². The smallest absolute Gasteiger partial charge is 0.159 e. The van der Waals surface area contributed by atoms with E-state index in [-0.39, 0.29) is 6.04 Å². The lowest BCUT2D eigenvalue weighted by molar-refractivity contribution is 0.138. The lowest BCUT2D eigenvalue weighted by Crippen LogP contribution is -2.24. The van der Waals surface area contributed by atoms with E-state index in [4.69, 9.17) is 10.7 Å². The highest BCUT2D eigenvalue weighted by Gasteiger charge is 2.19. The third-order valence-electron chi connectivity index (χ3n) is 5.80. The number of imidazole rings is 1. The molecular formula is C25H34N8O. The lowest BCUT2D eigenvalue weighted by atomic mass is 10.0. The quantitative estimate of drug-likeness (QED) is 0.311. The molecule has 4 N–H and O–H groups in total. The molecule has 9 nitrogen and oxygen atoms in total. The number of aliphatic hydroxyl groups is 1. The number of nitrogens with zero attached hydrogens (tertiary/aromatic N) is 6. The molecule has 0 radical (unpaired) electrons. The minimum Gasteiger partial charge on any atom is -0.374 e. The molecule has 0 aliphatic carbocycles. The van der Waals surface area contributed by atoms with Gasteiger partial charge in [0.1, 0.15) is 6.23 Å². The number of hydrogen-bond acceptors (Lipinski definition) is 7. The zero-order valence-corrected chi connectivity index (χ0v) is 20.3. The summed E-state index contributed by atoms with van der Waals surface area (Å²) >= 11 is 0. The third-order valence-corrected chi connectivity index (χ3v) is 5.80. The number of pyridine rings is 1. The second-order valence-corrected chi connectivity index (χ2v) is 9.06. The molecule has 3 heterocycles. The van der Waals surface area contributed by atoms with Gasteiger partial charge in [0.25, 0.3) is 0 Å². The van der Waals surface area contributed by atoms with Gasteiger partial charge in [-0.15, -0.1) is 0 Å². The summed E-state index contributed by atoms with van der Waals surface area (Å²) in [7, 11) is 3.99. The molecule has 3 aromatic heterocycles. The van der Waals surface area contributed by atoms with Crippen molar-refractivity contribution < 1.29 is 5.11 Å². The Labute approximate surface area is 200 Å². The van der Waals surface area contributed by atoms with Gasteiger partial charge in [0.05, 0.1) is 23.9 Å². The zero-order chi connectivity index (χ0) is 24.2. The number of aryl methyl sites for hydroxylation is 1. The topological polar surface area (TPSA) is 110 Å². The molecule has 4 rings (SSSR count). The van der Waals surface area contributed by atoms with Crippen LogP contribution in [0.25, 0.3) is 22.3 Å². The Kier molecular flexibility index (Phi) is 7.38. The molecule has 1 aromatic carbocycles. The van der Waals surface area contributed by atoms with Crippen LogP contribution in [0.5, 0.6) is 0 Å². The molecule has 0 fully saturated rings. The van der Waals surface area contributed by atoms with Gasteiger partial charge in [-0.1, -0.05) is 18.2 Å². The van der Waals surface area contributed by atoms with Crippen molar-refractivity contribution in [2.75, 3.05) is 20.1 Å². The highest BCUT2D eigenvalue weighted by Crippen LogP contribution is 2.30. The molecule has 1 unspecified atom stereocenters. The molecule has 0 saturated carbocycles. The van der Waals surface area contributed by atoms with Crippen molar-refractivity contribution in [3.05, 3.63) is 65.9 Å². The minimum absolute atomic E-state index is 0.142. The van der Waals surface area contributed by atoms with Crippen LogP contribution in [-0.2, 0) is 20.1 Å². The summed E-state index contributed by atoms with van der Waals surface area (Å²) in [5.74, 6) is 0. The summed E-state index contributed by atoms with van der Waals surface area (Å²) in [5.41, 5.74) is 11.0. The van der Waals surface area contributed by atoms with E-state index in [1.807, 2.05) is 40.7 Å². The monoisotopic (exact) mass is 462 g/mol. The first-order valence-corrected chi connectivity index (χ1v) is 11.6. The number of benzene rings is 1. The van der Waals surface area contributed by atoms with Gasteiger partial charge in [0, 0.05) is 62.0 Å². The van der Waals surface area contributed by atoms with Crippen LogP contribution in [0.15, 0.2) is 49.1 Å². The van der Waals surface area contributed by atoms with E-state index in [1.54, 1.807) is 12.5 Å². The van der Waals surface area contributed by atoms with Gasteiger partial charge in [-0.05, 0) is 38.6 Å². The van der Waals surface area contributed by atoms with Gasteiger partial charge in [-0.25, -0.2) is 14.6 Å². The lowest BCUT2D eigenvalue weighted by Gasteiger charge is -2.17. The summed E-state index contributed by atoms with van der Waals surface area (Å²) in [6.45, 7) is 6.86. The fourth-order valence-electron chi connectivity index (χ4n) is 4.10. The largest absolute Gasteiger partial charge is 0.374 e. The Hall–Kier alpha value is -3.11. The van der Waals surface area contributed by atoms with Crippen LogP contribution >= 0.6 is 0 Å². The number of fused-ring (bicyclic) bond motifs is 1. The van der Waals surface area contributed by atoms with Crippen LogP contribution in [0, 0.1) is 0 Å². The second kappa shape index (κ2) is 10.4. The van der Waals surface area contributed by atoms with Gasteiger partial charge >= 0.3 is 0 Å². The van der Waals surface area contributed by atoms with Crippen molar-refractivity contribution >= 4 is 11.0 Å². The number of nitrogens with one attached hydrogen (secondary N) is 1. The average Bonchev–Trinajstić information content (AvgIpc) is 3.43. The SMILES string of the molecule is CC(C)n1ncc2c(C(O)NCc3cn(C)cn3)cc(-c3cccc(CN(C)CCN)c3)nc21. The highest BCUT2D eigenvalue weighted by molar-refractivity contribution is 5.83. The number of rotatable bonds is 10. The average molecular weight is 463 g/mol. The number of likely N-dealkylation sites (N-methyl/N-ethyl adjacent to an activating group) is 1.